The van der Waals surface area contributed by atoms with Crippen molar-refractivity contribution < 1.29 is 0 Å². The van der Waals surface area contributed by atoms with Gasteiger partial charge in [-0.1, -0.05) is 45.8 Å². The molecule has 0 aliphatic heterocycles. The Morgan fingerprint density at radius 2 is 1.78 bits per heavy atom. The van der Waals surface area contributed by atoms with Crippen molar-refractivity contribution in [3.63, 3.8) is 0 Å². The second-order valence-electron chi connectivity index (χ2n) is 2.53. The number of unbranched alkanes of at least 4 members (excludes halogenated alkanes) is 1. The molecule has 0 bridgehead atoms. The highest BCUT2D eigenvalue weighted by Crippen LogP contribution is 2.13. The van der Waals surface area contributed by atoms with Gasteiger partial charge >= 0.3 is 0 Å². The summed E-state index contributed by atoms with van der Waals surface area (Å²) in [6, 6.07) is 0. The van der Waals surface area contributed by atoms with Gasteiger partial charge in [0.1, 0.15) is 0 Å². The van der Waals surface area contributed by atoms with Crippen LogP contribution in [0.25, 0.3) is 0 Å². The maximum Gasteiger partial charge on any atom is 0.217 e. The number of hydrogen-bond acceptors (Lipinski definition) is 0. The van der Waals surface area contributed by atoms with E-state index in [4.69, 9.17) is 0 Å². The predicted molar refractivity (Wildman–Crippen MR) is 54.6 cm³/mol. The Balaban J connectivity index is 2.95. The fourth-order valence-corrected chi connectivity index (χ4v) is 1.95. The standard InChI is InChI=1S/C7H16BI/c1-3-5-7-8(9)6-4-2/h3-7H2,1-2H3. The Morgan fingerprint density at radius 1 is 1.11 bits per heavy atom. The van der Waals surface area contributed by atoms with Gasteiger partial charge in [-0.15, -0.1) is 22.4 Å². The van der Waals surface area contributed by atoms with Gasteiger partial charge in [-0.3, -0.25) is 0 Å². The summed E-state index contributed by atoms with van der Waals surface area (Å²) in [4.78, 5) is 0. The molecule has 0 amide bonds. The molecular formula is C7H16BI. The lowest BCUT2D eigenvalue weighted by Gasteiger charge is -2.00. The van der Waals surface area contributed by atoms with E-state index in [-0.39, 0.29) is 0 Å². The van der Waals surface area contributed by atoms with Gasteiger partial charge in [0.15, 0.2) is 0 Å². The highest BCUT2D eigenvalue weighted by atomic mass is 127. The van der Waals surface area contributed by atoms with Gasteiger partial charge in [-0.25, -0.2) is 0 Å². The molecule has 0 rings (SSSR count). The van der Waals surface area contributed by atoms with Crippen LogP contribution in [-0.2, 0) is 0 Å². The zero-order chi connectivity index (χ0) is 7.11. The largest absolute Gasteiger partial charge is 0.217 e. The zero-order valence-electron chi connectivity index (χ0n) is 6.49. The SMILES string of the molecule is CCCCB(I)CCC. The van der Waals surface area contributed by atoms with Gasteiger partial charge < -0.3 is 0 Å². The molecular weight excluding hydrogens is 222 g/mol. The molecule has 0 aromatic rings. The van der Waals surface area contributed by atoms with E-state index in [1.807, 2.05) is 0 Å². The van der Waals surface area contributed by atoms with E-state index >= 15 is 0 Å². The summed E-state index contributed by atoms with van der Waals surface area (Å²) in [5, 5.41) is 0. The van der Waals surface area contributed by atoms with Crippen LogP contribution in [0.2, 0.25) is 12.6 Å². The van der Waals surface area contributed by atoms with Crippen LogP contribution in [0.5, 0.6) is 0 Å². The topological polar surface area (TPSA) is 0 Å². The molecule has 0 unspecified atom stereocenters. The highest BCUT2D eigenvalue weighted by molar-refractivity contribution is 14.1. The van der Waals surface area contributed by atoms with Crippen LogP contribution in [0.1, 0.15) is 33.1 Å². The maximum atomic E-state index is 2.56. The molecule has 0 nitrogen and oxygen atoms in total. The normalized spacial score (nSPS) is 9.67. The van der Waals surface area contributed by atoms with Gasteiger partial charge in [-0.2, -0.15) is 0 Å². The Morgan fingerprint density at radius 3 is 2.22 bits per heavy atom. The molecule has 0 aliphatic rings. The first kappa shape index (κ1) is 9.79. The number of halogens is 1. The summed E-state index contributed by atoms with van der Waals surface area (Å²) in [7, 11) is 0. The van der Waals surface area contributed by atoms with E-state index in [0.717, 1.165) is 4.57 Å². The minimum Gasteiger partial charge on any atom is -0.150 e. The Hall–Kier alpha value is 0.795. The molecule has 54 valence electrons. The molecule has 0 aromatic carbocycles. The summed E-state index contributed by atoms with van der Waals surface area (Å²) in [6.45, 7) is 4.52. The summed E-state index contributed by atoms with van der Waals surface area (Å²) < 4.78 is 0.938. The van der Waals surface area contributed by atoms with Crippen molar-refractivity contribution in [2.45, 2.75) is 45.8 Å². The summed E-state index contributed by atoms with van der Waals surface area (Å²) in [5.41, 5.74) is 0. The van der Waals surface area contributed by atoms with E-state index in [2.05, 4.69) is 36.2 Å². The molecule has 2 heteroatoms. The van der Waals surface area contributed by atoms with Crippen LogP contribution in [0.15, 0.2) is 0 Å². The number of rotatable bonds is 5. The lowest BCUT2D eigenvalue weighted by Crippen LogP contribution is -1.99. The van der Waals surface area contributed by atoms with Crippen molar-refractivity contribution in [1.29, 1.82) is 0 Å². The van der Waals surface area contributed by atoms with Gasteiger partial charge in [-0.05, 0) is 0 Å². The van der Waals surface area contributed by atoms with Crippen molar-refractivity contribution in [3.8, 4) is 0 Å². The quantitative estimate of drug-likeness (QED) is 0.506. The molecule has 0 saturated carbocycles. The van der Waals surface area contributed by atoms with Crippen LogP contribution in [0.3, 0.4) is 0 Å². The third-order valence-electron chi connectivity index (χ3n) is 1.47. The molecule has 0 N–H and O–H groups in total. The number of hydrogen-bond donors (Lipinski definition) is 0. The second kappa shape index (κ2) is 6.91. The van der Waals surface area contributed by atoms with Gasteiger partial charge in [0.05, 0.1) is 0 Å². The molecule has 0 spiro atoms. The third kappa shape index (κ3) is 6.68. The van der Waals surface area contributed by atoms with Crippen molar-refractivity contribution in [1.82, 2.24) is 0 Å². The molecule has 0 saturated heterocycles. The summed E-state index contributed by atoms with van der Waals surface area (Å²) >= 11 is 2.56. The van der Waals surface area contributed by atoms with Crippen LogP contribution in [-0.4, -0.2) is 4.57 Å². The van der Waals surface area contributed by atoms with Crippen LogP contribution >= 0.6 is 22.4 Å². The zero-order valence-corrected chi connectivity index (χ0v) is 8.65. The molecule has 0 radical (unpaired) electrons. The fraction of sp³-hybridized carbons (Fsp3) is 1.00. The molecule has 0 heterocycles. The van der Waals surface area contributed by atoms with Crippen LogP contribution in [0, 0.1) is 0 Å². The van der Waals surface area contributed by atoms with Crippen molar-refractivity contribution in [2.75, 3.05) is 0 Å². The first-order chi connectivity index (χ1) is 4.31. The van der Waals surface area contributed by atoms with Crippen LogP contribution < -0.4 is 0 Å². The van der Waals surface area contributed by atoms with Crippen molar-refractivity contribution in [2.24, 2.45) is 0 Å². The fourth-order valence-electron chi connectivity index (χ4n) is 0.883. The average Bonchev–Trinajstić information content (AvgIpc) is 1.85. The Bertz CT molecular complexity index is 56.9. The van der Waals surface area contributed by atoms with E-state index < -0.39 is 0 Å². The van der Waals surface area contributed by atoms with E-state index in [9.17, 15) is 0 Å². The van der Waals surface area contributed by atoms with Crippen molar-refractivity contribution >= 4 is 26.9 Å². The lowest BCUT2D eigenvalue weighted by atomic mass is 9.68. The second-order valence-corrected chi connectivity index (χ2v) is 4.29. The highest BCUT2D eigenvalue weighted by Gasteiger charge is 2.05. The Labute approximate surface area is 72.7 Å². The predicted octanol–water partition coefficient (Wildman–Crippen LogP) is 3.62. The first-order valence-corrected chi connectivity index (χ1v) is 5.19. The van der Waals surface area contributed by atoms with E-state index in [1.54, 1.807) is 0 Å². The minimum absolute atomic E-state index is 0.938. The third-order valence-corrected chi connectivity index (χ3v) is 2.72. The maximum absolute atomic E-state index is 2.56. The van der Waals surface area contributed by atoms with Gasteiger partial charge in [0.2, 0.25) is 4.57 Å². The lowest BCUT2D eigenvalue weighted by molar-refractivity contribution is 0.873. The van der Waals surface area contributed by atoms with Gasteiger partial charge in [0.25, 0.3) is 0 Å². The summed E-state index contributed by atoms with van der Waals surface area (Å²) in [6.07, 6.45) is 6.93. The molecule has 0 aliphatic carbocycles. The minimum atomic E-state index is 0.938. The Kier molecular flexibility index (Phi) is 7.52. The molecule has 9 heavy (non-hydrogen) atoms. The van der Waals surface area contributed by atoms with E-state index in [1.165, 1.54) is 31.9 Å². The molecule has 0 aromatic heterocycles. The smallest absolute Gasteiger partial charge is 0.150 e. The van der Waals surface area contributed by atoms with Gasteiger partial charge in [0, 0.05) is 0 Å². The first-order valence-electron chi connectivity index (χ1n) is 3.95. The monoisotopic (exact) mass is 238 g/mol. The molecule has 0 atom stereocenters. The average molecular weight is 238 g/mol. The van der Waals surface area contributed by atoms with Crippen molar-refractivity contribution in [3.05, 3.63) is 0 Å². The van der Waals surface area contributed by atoms with Crippen LogP contribution in [0.4, 0.5) is 0 Å². The van der Waals surface area contributed by atoms with E-state index in [0.29, 0.717) is 0 Å². The summed E-state index contributed by atoms with van der Waals surface area (Å²) in [5.74, 6) is 0. The molecule has 0 fully saturated rings.